The zero-order valence-electron chi connectivity index (χ0n) is 21.2. The lowest BCUT2D eigenvalue weighted by molar-refractivity contribution is -0.0640. The molecule has 11 heteroatoms. The summed E-state index contributed by atoms with van der Waals surface area (Å²) in [4.78, 5) is 8.05. The molecule has 0 amide bonds. The van der Waals surface area contributed by atoms with Crippen LogP contribution in [0.15, 0.2) is 40.9 Å². The van der Waals surface area contributed by atoms with E-state index in [0.29, 0.717) is 47.7 Å². The summed E-state index contributed by atoms with van der Waals surface area (Å²) in [6.07, 6.45) is -2.62. The van der Waals surface area contributed by atoms with Crippen LogP contribution in [0.25, 0.3) is 26.3 Å². The maximum atomic E-state index is 13.9. The van der Waals surface area contributed by atoms with Crippen molar-refractivity contribution in [1.82, 2.24) is 10.1 Å². The van der Waals surface area contributed by atoms with Gasteiger partial charge in [-0.2, -0.15) is 0 Å². The Morgan fingerprint density at radius 2 is 1.77 bits per heavy atom. The van der Waals surface area contributed by atoms with Gasteiger partial charge < -0.3 is 14.4 Å². The fraction of sp³-hybridized carbons (Fsp3) is 0.414. The first-order valence-corrected chi connectivity index (χ1v) is 13.9. The monoisotopic (exact) mass is 571 g/mol. The number of aromatic nitrogens is 2. The van der Waals surface area contributed by atoms with E-state index in [9.17, 15) is 22.7 Å². The Labute approximate surface area is 231 Å². The van der Waals surface area contributed by atoms with Crippen LogP contribution in [0, 0.1) is 6.57 Å². The number of alkyl halides is 4. The third kappa shape index (κ3) is 5.00. The average molecular weight is 572 g/mol. The van der Waals surface area contributed by atoms with Crippen LogP contribution in [0.1, 0.15) is 84.8 Å². The summed E-state index contributed by atoms with van der Waals surface area (Å²) in [6.45, 7) is 7.18. The molecule has 0 radical (unpaired) electrons. The molecule has 2 aromatic heterocycles. The third-order valence-electron chi connectivity index (χ3n) is 7.72. The van der Waals surface area contributed by atoms with Crippen molar-refractivity contribution in [3.63, 3.8) is 0 Å². The third-order valence-corrected chi connectivity index (χ3v) is 8.94. The molecule has 0 bridgehead atoms. The smallest absolute Gasteiger partial charge is 0.264 e. The zero-order chi connectivity index (χ0) is 28.0. The van der Waals surface area contributed by atoms with Crippen molar-refractivity contribution >= 4 is 27.2 Å². The van der Waals surface area contributed by atoms with Crippen molar-refractivity contribution in [3.05, 3.63) is 75.3 Å². The first kappa shape index (κ1) is 26.9. The first-order valence-electron chi connectivity index (χ1n) is 13.1. The van der Waals surface area contributed by atoms with Crippen LogP contribution in [0.4, 0.5) is 23.2 Å². The highest BCUT2D eigenvalue weighted by Crippen LogP contribution is 2.47. The van der Waals surface area contributed by atoms with Crippen molar-refractivity contribution in [2.45, 2.75) is 75.6 Å². The van der Waals surface area contributed by atoms with Crippen molar-refractivity contribution in [1.29, 1.82) is 0 Å². The second kappa shape index (κ2) is 10.6. The van der Waals surface area contributed by atoms with Gasteiger partial charge in [-0.05, 0) is 50.7 Å². The number of thiazole rings is 1. The van der Waals surface area contributed by atoms with Crippen molar-refractivity contribution in [2.75, 3.05) is 0 Å². The number of rotatable bonds is 8. The minimum absolute atomic E-state index is 0.0193. The molecule has 2 saturated carbocycles. The van der Waals surface area contributed by atoms with Gasteiger partial charge in [0.1, 0.15) is 22.1 Å². The Hall–Kier alpha value is -3.33. The number of halogens is 4. The Balaban J connectivity index is 1.21. The molecule has 2 aliphatic rings. The molecule has 0 unspecified atom stereocenters. The van der Waals surface area contributed by atoms with Gasteiger partial charge in [0.25, 0.3) is 12.9 Å². The molecule has 0 spiro atoms. The number of ether oxygens (including phenoxy) is 1. The summed E-state index contributed by atoms with van der Waals surface area (Å²) in [5.74, 6) is 0.562. The molecule has 4 aromatic rings. The van der Waals surface area contributed by atoms with Gasteiger partial charge in [-0.15, -0.1) is 11.3 Å². The predicted octanol–water partition coefficient (Wildman–Crippen LogP) is 8.60. The molecule has 0 aliphatic heterocycles. The lowest BCUT2D eigenvalue weighted by Crippen LogP contribution is -2.34. The van der Waals surface area contributed by atoms with Crippen LogP contribution < -0.4 is 0 Å². The molecular formula is C29H25F4N3O3S. The number of fused-ring (bicyclic) bond motifs is 1. The number of benzene rings is 2. The molecule has 1 N–H and O–H groups in total. The van der Waals surface area contributed by atoms with E-state index in [1.165, 1.54) is 17.4 Å². The van der Waals surface area contributed by atoms with Crippen LogP contribution in [0.2, 0.25) is 0 Å². The van der Waals surface area contributed by atoms with Crippen LogP contribution in [-0.2, 0) is 16.9 Å². The van der Waals surface area contributed by atoms with E-state index in [0.717, 1.165) is 35.2 Å². The van der Waals surface area contributed by atoms with Gasteiger partial charge in [0, 0.05) is 32.9 Å². The highest BCUT2D eigenvalue weighted by molar-refractivity contribution is 7.18. The quantitative estimate of drug-likeness (QED) is 0.169. The van der Waals surface area contributed by atoms with Crippen LogP contribution >= 0.6 is 11.3 Å². The van der Waals surface area contributed by atoms with E-state index in [-0.39, 0.29) is 29.9 Å². The standard InChI is InChI=1S/C29H25F4N3O3S/c1-34-16-7-8-21-22(13-16)40-28(35-21)29(37)11-9-17(10-12-29)38-14-20-24(36-39-25(20)15-5-6-15)23-18(26(30)31)3-2-4-19(23)27(32)33/h2-4,7-8,13,15,17,26-27,37H,5-6,9-12,14H2. The van der Waals surface area contributed by atoms with Gasteiger partial charge in [0.05, 0.1) is 24.8 Å². The average Bonchev–Trinajstić information content (AvgIpc) is 3.56. The highest BCUT2D eigenvalue weighted by Gasteiger charge is 2.39. The Kier molecular flexibility index (Phi) is 7.10. The lowest BCUT2D eigenvalue weighted by Gasteiger charge is -2.34. The van der Waals surface area contributed by atoms with E-state index < -0.39 is 29.6 Å². The molecule has 2 aromatic carbocycles. The highest BCUT2D eigenvalue weighted by atomic mass is 32.1. The first-order chi connectivity index (χ1) is 19.3. The largest absolute Gasteiger partial charge is 0.383 e. The van der Waals surface area contributed by atoms with Gasteiger partial charge in [-0.3, -0.25) is 0 Å². The fourth-order valence-corrected chi connectivity index (χ4v) is 6.53. The maximum Gasteiger partial charge on any atom is 0.264 e. The number of aliphatic hydroxyl groups is 1. The van der Waals surface area contributed by atoms with Gasteiger partial charge in [-0.1, -0.05) is 29.4 Å². The molecule has 2 aliphatic carbocycles. The maximum absolute atomic E-state index is 13.9. The second-order valence-corrected chi connectivity index (χ2v) is 11.4. The normalized spacial score (nSPS) is 21.4. The molecular weight excluding hydrogens is 546 g/mol. The molecule has 0 saturated heterocycles. The van der Waals surface area contributed by atoms with Gasteiger partial charge in [0.15, 0.2) is 5.69 Å². The van der Waals surface area contributed by atoms with E-state index in [4.69, 9.17) is 15.8 Å². The van der Waals surface area contributed by atoms with Crippen LogP contribution in [-0.4, -0.2) is 21.4 Å². The van der Waals surface area contributed by atoms with Crippen LogP contribution in [0.5, 0.6) is 0 Å². The number of hydrogen-bond donors (Lipinski definition) is 1. The molecule has 0 atom stereocenters. The number of hydrogen-bond acceptors (Lipinski definition) is 6. The molecule has 6 rings (SSSR count). The minimum Gasteiger partial charge on any atom is -0.383 e. The zero-order valence-corrected chi connectivity index (χ0v) is 22.1. The van der Waals surface area contributed by atoms with Gasteiger partial charge >= 0.3 is 0 Å². The summed E-state index contributed by atoms with van der Waals surface area (Å²) < 4.78 is 68.1. The summed E-state index contributed by atoms with van der Waals surface area (Å²) in [5.41, 5.74) is -0.785. The summed E-state index contributed by atoms with van der Waals surface area (Å²) in [5, 5.41) is 16.0. The predicted molar refractivity (Wildman–Crippen MR) is 141 cm³/mol. The van der Waals surface area contributed by atoms with Crippen molar-refractivity contribution in [2.24, 2.45) is 0 Å². The SMILES string of the molecule is [C-]#[N+]c1ccc2nc(C3(O)CCC(OCc4c(-c5c(C(F)F)cccc5C(F)F)noc4C4CC4)CC3)sc2c1. The molecule has 2 fully saturated rings. The Morgan fingerprint density at radius 3 is 2.40 bits per heavy atom. The Morgan fingerprint density at radius 1 is 1.07 bits per heavy atom. The minimum atomic E-state index is -2.96. The van der Waals surface area contributed by atoms with E-state index in [1.54, 1.807) is 18.2 Å². The molecule has 2 heterocycles. The van der Waals surface area contributed by atoms with E-state index in [1.807, 2.05) is 0 Å². The summed E-state index contributed by atoms with van der Waals surface area (Å²) in [6, 6.07) is 8.71. The second-order valence-electron chi connectivity index (χ2n) is 10.4. The molecule has 6 nitrogen and oxygen atoms in total. The lowest BCUT2D eigenvalue weighted by atomic mass is 9.83. The van der Waals surface area contributed by atoms with Crippen LogP contribution in [0.3, 0.4) is 0 Å². The topological polar surface area (TPSA) is 72.7 Å². The molecule has 40 heavy (non-hydrogen) atoms. The van der Waals surface area contributed by atoms with Crippen molar-refractivity contribution in [3.8, 4) is 11.3 Å². The van der Waals surface area contributed by atoms with Crippen molar-refractivity contribution < 1.29 is 31.9 Å². The summed E-state index contributed by atoms with van der Waals surface area (Å²) >= 11 is 1.38. The van der Waals surface area contributed by atoms with Gasteiger partial charge in [0.2, 0.25) is 0 Å². The van der Waals surface area contributed by atoms with E-state index in [2.05, 4.69) is 15.0 Å². The fourth-order valence-electron chi connectivity index (χ4n) is 5.38. The van der Waals surface area contributed by atoms with Gasteiger partial charge in [-0.25, -0.2) is 27.4 Å². The summed E-state index contributed by atoms with van der Waals surface area (Å²) in [7, 11) is 0. The van der Waals surface area contributed by atoms with E-state index >= 15 is 0 Å². The Bertz CT molecular complexity index is 1560. The molecule has 208 valence electrons. The number of nitrogens with zero attached hydrogens (tertiary/aromatic N) is 3.